The lowest BCUT2D eigenvalue weighted by atomic mass is 10.2. The summed E-state index contributed by atoms with van der Waals surface area (Å²) in [7, 11) is 0. The van der Waals surface area contributed by atoms with Crippen LogP contribution in [0.15, 0.2) is 0 Å². The lowest BCUT2D eigenvalue weighted by molar-refractivity contribution is 0.297. The first kappa shape index (κ1) is 11.9. The quantitative estimate of drug-likeness (QED) is 0.629. The Morgan fingerprint density at radius 1 is 1.17 bits per heavy atom. The fourth-order valence-corrected chi connectivity index (χ4v) is 1.15. The van der Waals surface area contributed by atoms with Gasteiger partial charge in [0.2, 0.25) is 0 Å². The third-order valence-electron chi connectivity index (χ3n) is 2.43. The highest BCUT2D eigenvalue weighted by atomic mass is 15.1. The average Bonchev–Trinajstić information content (AvgIpc) is 2.12. The number of likely N-dealkylation sites (N-methyl/N-ethyl adjacent to an activating group) is 1. The van der Waals surface area contributed by atoms with E-state index in [0.717, 1.165) is 6.54 Å². The molecule has 0 heterocycles. The minimum atomic E-state index is 0.667. The van der Waals surface area contributed by atoms with Gasteiger partial charge in [-0.25, -0.2) is 0 Å². The molecule has 0 aromatic carbocycles. The molecule has 0 fully saturated rings. The van der Waals surface area contributed by atoms with Crippen molar-refractivity contribution in [1.82, 2.24) is 10.2 Å². The van der Waals surface area contributed by atoms with Gasteiger partial charge in [-0.2, -0.15) is 0 Å². The van der Waals surface area contributed by atoms with Crippen LogP contribution in [0.5, 0.6) is 0 Å². The molecule has 0 rings (SSSR count). The zero-order valence-electron chi connectivity index (χ0n) is 9.06. The van der Waals surface area contributed by atoms with Crippen LogP contribution in [0.3, 0.4) is 0 Å². The normalized spacial score (nSPS) is 13.8. The summed E-state index contributed by atoms with van der Waals surface area (Å²) in [5.41, 5.74) is 0. The first-order valence-electron chi connectivity index (χ1n) is 5.20. The Kier molecular flexibility index (Phi) is 7.51. The Morgan fingerprint density at radius 3 is 2.17 bits per heavy atom. The lowest BCUT2D eigenvalue weighted by Gasteiger charge is -2.19. The van der Waals surface area contributed by atoms with Crippen molar-refractivity contribution in [2.24, 2.45) is 0 Å². The fourth-order valence-electron chi connectivity index (χ4n) is 1.15. The van der Waals surface area contributed by atoms with E-state index in [-0.39, 0.29) is 0 Å². The Hall–Kier alpha value is -0.0800. The predicted molar refractivity (Wildman–Crippen MR) is 55.5 cm³/mol. The monoisotopic (exact) mass is 172 g/mol. The van der Waals surface area contributed by atoms with Gasteiger partial charge in [0.1, 0.15) is 0 Å². The van der Waals surface area contributed by atoms with Gasteiger partial charge in [-0.1, -0.05) is 20.8 Å². The van der Waals surface area contributed by atoms with Crippen LogP contribution < -0.4 is 5.32 Å². The second kappa shape index (κ2) is 7.56. The molecule has 0 saturated heterocycles. The van der Waals surface area contributed by atoms with E-state index in [4.69, 9.17) is 0 Å². The maximum absolute atomic E-state index is 3.49. The first-order valence-corrected chi connectivity index (χ1v) is 5.20. The van der Waals surface area contributed by atoms with E-state index in [2.05, 4.69) is 37.9 Å². The number of hydrogen-bond acceptors (Lipinski definition) is 2. The molecule has 0 aliphatic rings. The molecule has 2 nitrogen and oxygen atoms in total. The third kappa shape index (κ3) is 5.56. The summed E-state index contributed by atoms with van der Waals surface area (Å²) in [5.74, 6) is 0. The average molecular weight is 172 g/mol. The number of nitrogens with zero attached hydrogens (tertiary/aromatic N) is 1. The number of rotatable bonds is 7. The van der Waals surface area contributed by atoms with Crippen molar-refractivity contribution in [3.8, 4) is 0 Å². The summed E-state index contributed by atoms with van der Waals surface area (Å²) in [5, 5.41) is 3.49. The highest BCUT2D eigenvalue weighted by Crippen LogP contribution is 1.88. The largest absolute Gasteiger partial charge is 0.313 e. The van der Waals surface area contributed by atoms with E-state index in [0.29, 0.717) is 6.04 Å². The van der Waals surface area contributed by atoms with Crippen molar-refractivity contribution in [1.29, 1.82) is 0 Å². The van der Waals surface area contributed by atoms with E-state index in [1.807, 2.05) is 0 Å². The molecule has 0 aliphatic carbocycles. The fraction of sp³-hybridized carbons (Fsp3) is 1.00. The zero-order valence-corrected chi connectivity index (χ0v) is 9.06. The second-order valence-corrected chi connectivity index (χ2v) is 3.29. The van der Waals surface area contributed by atoms with Gasteiger partial charge >= 0.3 is 0 Å². The van der Waals surface area contributed by atoms with Gasteiger partial charge in [-0.05, 0) is 26.4 Å². The van der Waals surface area contributed by atoms with Crippen LogP contribution in [0.2, 0.25) is 0 Å². The van der Waals surface area contributed by atoms with Crippen molar-refractivity contribution >= 4 is 0 Å². The van der Waals surface area contributed by atoms with Crippen molar-refractivity contribution in [3.05, 3.63) is 0 Å². The van der Waals surface area contributed by atoms with Crippen molar-refractivity contribution < 1.29 is 0 Å². The summed E-state index contributed by atoms with van der Waals surface area (Å²) in [6.45, 7) is 13.5. The number of hydrogen-bond donors (Lipinski definition) is 1. The van der Waals surface area contributed by atoms with Crippen molar-refractivity contribution in [3.63, 3.8) is 0 Å². The molecule has 0 aromatic rings. The molecule has 0 aromatic heterocycles. The van der Waals surface area contributed by atoms with E-state index in [9.17, 15) is 0 Å². The van der Waals surface area contributed by atoms with E-state index in [1.165, 1.54) is 26.1 Å². The Balaban J connectivity index is 3.28. The van der Waals surface area contributed by atoms with E-state index < -0.39 is 0 Å². The van der Waals surface area contributed by atoms with E-state index in [1.54, 1.807) is 0 Å². The van der Waals surface area contributed by atoms with Crippen LogP contribution in [-0.2, 0) is 0 Å². The molecule has 1 unspecified atom stereocenters. The van der Waals surface area contributed by atoms with Gasteiger partial charge in [-0.15, -0.1) is 0 Å². The summed E-state index contributed by atoms with van der Waals surface area (Å²) in [6.07, 6.45) is 1.22. The van der Waals surface area contributed by atoms with Gasteiger partial charge < -0.3 is 10.2 Å². The van der Waals surface area contributed by atoms with Gasteiger partial charge in [0, 0.05) is 19.1 Å². The van der Waals surface area contributed by atoms with Gasteiger partial charge in [0.15, 0.2) is 0 Å². The Bertz CT molecular complexity index is 89.8. The molecule has 1 N–H and O–H groups in total. The van der Waals surface area contributed by atoms with Crippen LogP contribution in [0, 0.1) is 0 Å². The molecule has 0 radical (unpaired) electrons. The first-order chi connectivity index (χ1) is 5.74. The summed E-state index contributed by atoms with van der Waals surface area (Å²) in [6, 6.07) is 0.667. The summed E-state index contributed by atoms with van der Waals surface area (Å²) in [4.78, 5) is 2.44. The Morgan fingerprint density at radius 2 is 1.75 bits per heavy atom. The highest BCUT2D eigenvalue weighted by Gasteiger charge is 1.99. The minimum absolute atomic E-state index is 0.667. The standard InChI is InChI=1S/C10H24N2/c1-5-10(4)11-8-9-12(6-2)7-3/h10-11H,5-9H2,1-4H3. The van der Waals surface area contributed by atoms with Crippen LogP contribution in [0.4, 0.5) is 0 Å². The molecule has 0 amide bonds. The predicted octanol–water partition coefficient (Wildman–Crippen LogP) is 1.72. The van der Waals surface area contributed by atoms with Crippen molar-refractivity contribution in [2.45, 2.75) is 40.2 Å². The third-order valence-corrected chi connectivity index (χ3v) is 2.43. The van der Waals surface area contributed by atoms with Crippen LogP contribution >= 0.6 is 0 Å². The molecule has 0 aliphatic heterocycles. The van der Waals surface area contributed by atoms with Crippen LogP contribution in [-0.4, -0.2) is 37.1 Å². The zero-order chi connectivity index (χ0) is 9.40. The minimum Gasteiger partial charge on any atom is -0.313 e. The Labute approximate surface area is 77.3 Å². The van der Waals surface area contributed by atoms with Gasteiger partial charge in [-0.3, -0.25) is 0 Å². The van der Waals surface area contributed by atoms with Crippen molar-refractivity contribution in [2.75, 3.05) is 26.2 Å². The molecule has 1 atom stereocenters. The van der Waals surface area contributed by atoms with Crippen LogP contribution in [0.25, 0.3) is 0 Å². The topological polar surface area (TPSA) is 15.3 Å². The molecule has 74 valence electrons. The maximum Gasteiger partial charge on any atom is 0.0107 e. The number of nitrogens with one attached hydrogen (secondary N) is 1. The summed E-state index contributed by atoms with van der Waals surface area (Å²) >= 11 is 0. The maximum atomic E-state index is 3.49. The smallest absolute Gasteiger partial charge is 0.0107 e. The molecule has 12 heavy (non-hydrogen) atoms. The van der Waals surface area contributed by atoms with Crippen LogP contribution in [0.1, 0.15) is 34.1 Å². The summed E-state index contributed by atoms with van der Waals surface area (Å²) < 4.78 is 0. The molecular formula is C10H24N2. The van der Waals surface area contributed by atoms with Gasteiger partial charge in [0.05, 0.1) is 0 Å². The second-order valence-electron chi connectivity index (χ2n) is 3.29. The molecular weight excluding hydrogens is 148 g/mol. The molecule has 0 spiro atoms. The molecule has 2 heteroatoms. The molecule has 0 saturated carbocycles. The SMILES string of the molecule is CCC(C)NCCN(CC)CC. The molecule has 0 bridgehead atoms. The highest BCUT2D eigenvalue weighted by molar-refractivity contribution is 4.60. The lowest BCUT2D eigenvalue weighted by Crippen LogP contribution is -2.35. The van der Waals surface area contributed by atoms with Gasteiger partial charge in [0.25, 0.3) is 0 Å². The van der Waals surface area contributed by atoms with E-state index >= 15 is 0 Å².